The predicted octanol–water partition coefficient (Wildman–Crippen LogP) is 4.33. The molecule has 9 heteroatoms. The lowest BCUT2D eigenvalue weighted by atomic mass is 10.1. The third-order valence-electron chi connectivity index (χ3n) is 4.24. The van der Waals surface area contributed by atoms with Gasteiger partial charge in [-0.15, -0.1) is 0 Å². The highest BCUT2D eigenvalue weighted by atomic mass is 19.4. The van der Waals surface area contributed by atoms with Crippen LogP contribution in [-0.4, -0.2) is 45.2 Å². The Hall–Kier alpha value is -2.84. The Kier molecular flexibility index (Phi) is 6.71. The topological polar surface area (TPSA) is 64.4 Å². The van der Waals surface area contributed by atoms with Crippen molar-refractivity contribution >= 4 is 11.9 Å². The van der Waals surface area contributed by atoms with Gasteiger partial charge in [-0.25, -0.2) is 9.48 Å². The second kappa shape index (κ2) is 8.67. The number of alkyl halides is 3. The highest BCUT2D eigenvalue weighted by Gasteiger charge is 2.41. The normalized spacial score (nSPS) is 11.8. The molecule has 0 spiro atoms. The molecule has 0 radical (unpaired) electrons. The Morgan fingerprint density at radius 1 is 1.10 bits per heavy atom. The molecule has 0 N–H and O–H groups in total. The lowest BCUT2D eigenvalue weighted by Crippen LogP contribution is -2.42. The first kappa shape index (κ1) is 22.4. The van der Waals surface area contributed by atoms with Gasteiger partial charge in [-0.1, -0.05) is 0 Å². The Bertz CT molecular complexity index is 863. The number of carbonyl (C=O) groups excluding carboxylic acids is 2. The Morgan fingerprint density at radius 2 is 1.66 bits per heavy atom. The van der Waals surface area contributed by atoms with Gasteiger partial charge in [0, 0.05) is 17.6 Å². The molecule has 0 unspecified atom stereocenters. The van der Waals surface area contributed by atoms with Gasteiger partial charge in [-0.2, -0.15) is 18.3 Å². The van der Waals surface area contributed by atoms with E-state index < -0.39 is 23.4 Å². The van der Waals surface area contributed by atoms with Gasteiger partial charge >= 0.3 is 12.1 Å². The monoisotopic (exact) mass is 411 g/mol. The zero-order chi connectivity index (χ0) is 21.9. The Balaban J connectivity index is 2.44. The maximum absolute atomic E-state index is 13.6. The maximum Gasteiger partial charge on any atom is 0.434 e. The fourth-order valence-corrected chi connectivity index (χ4v) is 3.13. The number of aromatic nitrogens is 2. The van der Waals surface area contributed by atoms with E-state index in [2.05, 4.69) is 5.10 Å². The minimum absolute atomic E-state index is 0.0303. The van der Waals surface area contributed by atoms with E-state index in [1.807, 2.05) is 27.7 Å². The number of esters is 1. The van der Waals surface area contributed by atoms with Crippen molar-refractivity contribution in [2.45, 2.75) is 52.9 Å². The average Bonchev–Trinajstić information content (AvgIpc) is 3.07. The quantitative estimate of drug-likeness (QED) is 0.664. The van der Waals surface area contributed by atoms with Crippen molar-refractivity contribution in [3.63, 3.8) is 0 Å². The Labute approximate surface area is 167 Å². The van der Waals surface area contributed by atoms with Crippen LogP contribution >= 0.6 is 0 Å². The number of ether oxygens (including phenoxy) is 1. The van der Waals surface area contributed by atoms with E-state index in [1.54, 1.807) is 4.90 Å². The van der Waals surface area contributed by atoms with Gasteiger partial charge in [-0.05, 0) is 58.9 Å². The van der Waals surface area contributed by atoms with Gasteiger partial charge < -0.3 is 9.64 Å². The molecule has 158 valence electrons. The number of hydrogen-bond donors (Lipinski definition) is 0. The first-order valence-electron chi connectivity index (χ1n) is 9.24. The molecule has 0 saturated carbocycles. The molecule has 6 nitrogen and oxygen atoms in total. The van der Waals surface area contributed by atoms with Gasteiger partial charge in [0.1, 0.15) is 5.56 Å². The summed E-state index contributed by atoms with van der Waals surface area (Å²) in [4.78, 5) is 26.3. The molecule has 0 fully saturated rings. The van der Waals surface area contributed by atoms with E-state index in [4.69, 9.17) is 4.74 Å². The van der Waals surface area contributed by atoms with E-state index in [0.717, 1.165) is 6.20 Å². The van der Waals surface area contributed by atoms with E-state index in [9.17, 15) is 22.8 Å². The number of nitrogens with zero attached hydrogens (tertiary/aromatic N) is 3. The molecule has 0 aliphatic rings. The van der Waals surface area contributed by atoms with Gasteiger partial charge in [0.25, 0.3) is 5.91 Å². The van der Waals surface area contributed by atoms with Crippen molar-refractivity contribution in [1.82, 2.24) is 14.7 Å². The van der Waals surface area contributed by atoms with Gasteiger partial charge in [0.15, 0.2) is 5.69 Å². The fraction of sp³-hybridized carbons (Fsp3) is 0.450. The largest absolute Gasteiger partial charge is 0.462 e. The van der Waals surface area contributed by atoms with E-state index >= 15 is 0 Å². The zero-order valence-corrected chi connectivity index (χ0v) is 16.9. The molecule has 1 aromatic carbocycles. The van der Waals surface area contributed by atoms with Crippen molar-refractivity contribution in [2.24, 2.45) is 0 Å². The number of amides is 1. The van der Waals surface area contributed by atoms with Crippen LogP contribution in [0.2, 0.25) is 0 Å². The summed E-state index contributed by atoms with van der Waals surface area (Å²) >= 11 is 0. The van der Waals surface area contributed by atoms with Crippen LogP contribution in [0.3, 0.4) is 0 Å². The number of hydrogen-bond acceptors (Lipinski definition) is 4. The summed E-state index contributed by atoms with van der Waals surface area (Å²) in [7, 11) is 0. The van der Waals surface area contributed by atoms with Crippen LogP contribution in [0.4, 0.5) is 13.2 Å². The molecule has 0 saturated heterocycles. The van der Waals surface area contributed by atoms with Gasteiger partial charge in [-0.3, -0.25) is 4.79 Å². The molecule has 0 aliphatic heterocycles. The van der Waals surface area contributed by atoms with Crippen molar-refractivity contribution in [3.05, 3.63) is 47.3 Å². The standard InChI is InChI=1S/C20H24F3N3O3/c1-6-29-19(28)16-11-24-26(17(16)20(21,22)23)15-9-7-14(8-10-15)18(27)25(12(2)3)13(4)5/h7-13H,6H2,1-5H3. The summed E-state index contributed by atoms with van der Waals surface area (Å²) < 4.78 is 46.1. The van der Waals surface area contributed by atoms with Crippen LogP contribution in [0.1, 0.15) is 61.0 Å². The number of halogens is 3. The first-order valence-corrected chi connectivity index (χ1v) is 9.24. The van der Waals surface area contributed by atoms with Crippen LogP contribution in [0.15, 0.2) is 30.5 Å². The SMILES string of the molecule is CCOC(=O)c1cnn(-c2ccc(C(=O)N(C(C)C)C(C)C)cc2)c1C(F)(F)F. The highest BCUT2D eigenvalue weighted by Crippen LogP contribution is 2.34. The van der Waals surface area contributed by atoms with Crippen LogP contribution < -0.4 is 0 Å². The molecule has 2 aromatic rings. The zero-order valence-electron chi connectivity index (χ0n) is 16.9. The van der Waals surface area contributed by atoms with Crippen molar-refractivity contribution in [3.8, 4) is 5.69 Å². The number of rotatable bonds is 6. The predicted molar refractivity (Wildman–Crippen MR) is 101 cm³/mol. The summed E-state index contributed by atoms with van der Waals surface area (Å²) in [5.74, 6) is -1.31. The minimum atomic E-state index is -4.82. The van der Waals surface area contributed by atoms with Gasteiger partial charge in [0.05, 0.1) is 18.5 Å². The number of benzene rings is 1. The highest BCUT2D eigenvalue weighted by molar-refractivity contribution is 5.95. The average molecular weight is 411 g/mol. The van der Waals surface area contributed by atoms with E-state index in [1.165, 1.54) is 31.2 Å². The summed E-state index contributed by atoms with van der Waals surface area (Å²) in [6, 6.07) is 5.56. The molecule has 1 heterocycles. The maximum atomic E-state index is 13.6. The molecular weight excluding hydrogens is 387 g/mol. The Morgan fingerprint density at radius 3 is 2.10 bits per heavy atom. The van der Waals surface area contributed by atoms with E-state index in [-0.39, 0.29) is 30.3 Å². The molecule has 1 amide bonds. The molecule has 0 aliphatic carbocycles. The lowest BCUT2D eigenvalue weighted by molar-refractivity contribution is -0.143. The summed E-state index contributed by atoms with van der Waals surface area (Å²) in [5, 5.41) is 3.72. The lowest BCUT2D eigenvalue weighted by Gasteiger charge is -2.30. The molecular formula is C20H24F3N3O3. The van der Waals surface area contributed by atoms with Crippen molar-refractivity contribution in [2.75, 3.05) is 6.61 Å². The van der Waals surface area contributed by atoms with Crippen LogP contribution in [0.5, 0.6) is 0 Å². The van der Waals surface area contributed by atoms with Crippen LogP contribution in [-0.2, 0) is 10.9 Å². The first-order chi connectivity index (χ1) is 13.5. The second-order valence-electron chi connectivity index (χ2n) is 6.98. The number of carbonyl (C=O) groups is 2. The molecule has 2 rings (SSSR count). The minimum Gasteiger partial charge on any atom is -0.462 e. The van der Waals surface area contributed by atoms with Crippen LogP contribution in [0, 0.1) is 0 Å². The van der Waals surface area contributed by atoms with E-state index in [0.29, 0.717) is 10.2 Å². The molecule has 1 aromatic heterocycles. The summed E-state index contributed by atoms with van der Waals surface area (Å²) in [6.45, 7) is 9.01. The second-order valence-corrected chi connectivity index (χ2v) is 6.98. The fourth-order valence-electron chi connectivity index (χ4n) is 3.13. The summed E-state index contributed by atoms with van der Waals surface area (Å²) in [5.41, 5.74) is -1.46. The third-order valence-corrected chi connectivity index (χ3v) is 4.24. The third kappa shape index (κ3) is 4.78. The van der Waals surface area contributed by atoms with Crippen molar-refractivity contribution in [1.29, 1.82) is 0 Å². The molecule has 0 atom stereocenters. The van der Waals surface area contributed by atoms with Crippen LogP contribution in [0.25, 0.3) is 5.69 Å². The van der Waals surface area contributed by atoms with Crippen molar-refractivity contribution < 1.29 is 27.5 Å². The van der Waals surface area contributed by atoms with Gasteiger partial charge in [0.2, 0.25) is 0 Å². The summed E-state index contributed by atoms with van der Waals surface area (Å²) in [6.07, 6.45) is -3.99. The smallest absolute Gasteiger partial charge is 0.434 e. The molecule has 0 bridgehead atoms. The molecule has 29 heavy (non-hydrogen) atoms.